The van der Waals surface area contributed by atoms with Gasteiger partial charge in [0.05, 0.1) is 11.8 Å². The fraction of sp³-hybridized carbons (Fsp3) is 0.333. The standard InChI is InChI=1S/C12H15BrN2O/c1-15-9-5-3-2-4-8(9)11(13)12(15)10(16)6-7-14/h2-5,10,16H,6-7,14H2,1H3/t10-/m1/s1. The van der Waals surface area contributed by atoms with E-state index in [2.05, 4.69) is 15.9 Å². The summed E-state index contributed by atoms with van der Waals surface area (Å²) in [7, 11) is 1.96. The van der Waals surface area contributed by atoms with Crippen molar-refractivity contribution in [1.29, 1.82) is 0 Å². The smallest absolute Gasteiger partial charge is 0.0963 e. The molecule has 0 aliphatic carbocycles. The van der Waals surface area contributed by atoms with E-state index in [1.54, 1.807) is 0 Å². The van der Waals surface area contributed by atoms with Crippen molar-refractivity contribution in [3.8, 4) is 0 Å². The highest BCUT2D eigenvalue weighted by atomic mass is 79.9. The number of halogens is 1. The third-order valence-corrected chi connectivity index (χ3v) is 3.68. The molecule has 2 rings (SSSR count). The van der Waals surface area contributed by atoms with Crippen molar-refractivity contribution in [3.63, 3.8) is 0 Å². The summed E-state index contributed by atoms with van der Waals surface area (Å²) in [6, 6.07) is 8.07. The van der Waals surface area contributed by atoms with Crippen molar-refractivity contribution < 1.29 is 5.11 Å². The van der Waals surface area contributed by atoms with E-state index in [0.29, 0.717) is 13.0 Å². The molecule has 1 aromatic carbocycles. The number of hydrogen-bond donors (Lipinski definition) is 2. The van der Waals surface area contributed by atoms with E-state index in [9.17, 15) is 5.11 Å². The number of benzene rings is 1. The first-order chi connectivity index (χ1) is 7.66. The normalized spacial score (nSPS) is 13.2. The average Bonchev–Trinajstić information content (AvgIpc) is 2.53. The molecule has 0 saturated carbocycles. The molecule has 0 saturated heterocycles. The Labute approximate surface area is 103 Å². The molecule has 0 aliphatic rings. The minimum absolute atomic E-state index is 0.481. The molecular formula is C12H15BrN2O. The molecule has 1 atom stereocenters. The zero-order valence-electron chi connectivity index (χ0n) is 9.15. The van der Waals surface area contributed by atoms with Crippen LogP contribution >= 0.6 is 15.9 Å². The van der Waals surface area contributed by atoms with Crippen LogP contribution in [0.3, 0.4) is 0 Å². The van der Waals surface area contributed by atoms with Crippen LogP contribution in [0.5, 0.6) is 0 Å². The molecule has 0 unspecified atom stereocenters. The first-order valence-corrected chi connectivity index (χ1v) is 6.07. The molecule has 2 aromatic rings. The third-order valence-electron chi connectivity index (χ3n) is 2.84. The zero-order chi connectivity index (χ0) is 11.7. The summed E-state index contributed by atoms with van der Waals surface area (Å²) in [5, 5.41) is 11.2. The van der Waals surface area contributed by atoms with Gasteiger partial charge in [-0.2, -0.15) is 0 Å². The Bertz CT molecular complexity index is 468. The van der Waals surface area contributed by atoms with Crippen LogP contribution in [-0.2, 0) is 7.05 Å². The Morgan fingerprint density at radius 1 is 1.44 bits per heavy atom. The van der Waals surface area contributed by atoms with E-state index in [1.807, 2.05) is 35.9 Å². The molecule has 0 amide bonds. The van der Waals surface area contributed by atoms with Crippen molar-refractivity contribution in [3.05, 3.63) is 34.4 Å². The fourth-order valence-electron chi connectivity index (χ4n) is 2.03. The van der Waals surface area contributed by atoms with Crippen LogP contribution in [-0.4, -0.2) is 16.2 Å². The number of rotatable bonds is 3. The van der Waals surface area contributed by atoms with Gasteiger partial charge in [0.2, 0.25) is 0 Å². The van der Waals surface area contributed by atoms with Gasteiger partial charge in [-0.25, -0.2) is 0 Å². The Morgan fingerprint density at radius 3 is 2.75 bits per heavy atom. The van der Waals surface area contributed by atoms with E-state index < -0.39 is 6.10 Å². The first kappa shape index (κ1) is 11.6. The van der Waals surface area contributed by atoms with Crippen molar-refractivity contribution in [2.75, 3.05) is 6.54 Å². The summed E-state index contributed by atoms with van der Waals surface area (Å²) in [6.07, 6.45) is 0.0553. The summed E-state index contributed by atoms with van der Waals surface area (Å²) in [4.78, 5) is 0. The summed E-state index contributed by atoms with van der Waals surface area (Å²) < 4.78 is 2.98. The number of hydrogen-bond acceptors (Lipinski definition) is 2. The monoisotopic (exact) mass is 282 g/mol. The van der Waals surface area contributed by atoms with Crippen LogP contribution < -0.4 is 5.73 Å². The number of nitrogens with two attached hydrogens (primary N) is 1. The van der Waals surface area contributed by atoms with Crippen molar-refractivity contribution in [2.24, 2.45) is 12.8 Å². The lowest BCUT2D eigenvalue weighted by Gasteiger charge is -2.11. The molecule has 0 spiro atoms. The summed E-state index contributed by atoms with van der Waals surface area (Å²) >= 11 is 3.55. The molecule has 1 aromatic heterocycles. The van der Waals surface area contributed by atoms with Crippen molar-refractivity contribution in [2.45, 2.75) is 12.5 Å². The highest BCUT2D eigenvalue weighted by Gasteiger charge is 2.18. The van der Waals surface area contributed by atoms with Gasteiger partial charge >= 0.3 is 0 Å². The maximum atomic E-state index is 10.1. The average molecular weight is 283 g/mol. The zero-order valence-corrected chi connectivity index (χ0v) is 10.7. The second-order valence-corrected chi connectivity index (χ2v) is 4.66. The molecule has 3 N–H and O–H groups in total. The summed E-state index contributed by atoms with van der Waals surface area (Å²) in [6.45, 7) is 0.481. The topological polar surface area (TPSA) is 51.2 Å². The largest absolute Gasteiger partial charge is 0.387 e. The number of aryl methyl sites for hydroxylation is 1. The van der Waals surface area contributed by atoms with Gasteiger partial charge in [-0.1, -0.05) is 18.2 Å². The lowest BCUT2D eigenvalue weighted by atomic mass is 10.2. The number of nitrogens with zero attached hydrogens (tertiary/aromatic N) is 1. The van der Waals surface area contributed by atoms with Gasteiger partial charge in [-0.3, -0.25) is 0 Å². The quantitative estimate of drug-likeness (QED) is 0.908. The Kier molecular flexibility index (Phi) is 3.33. The minimum atomic E-state index is -0.517. The van der Waals surface area contributed by atoms with Crippen LogP contribution in [0.1, 0.15) is 18.2 Å². The van der Waals surface area contributed by atoms with Gasteiger partial charge in [-0.05, 0) is 35.0 Å². The second kappa shape index (κ2) is 4.57. The lowest BCUT2D eigenvalue weighted by molar-refractivity contribution is 0.162. The van der Waals surface area contributed by atoms with E-state index in [1.165, 1.54) is 0 Å². The van der Waals surface area contributed by atoms with Crippen molar-refractivity contribution in [1.82, 2.24) is 4.57 Å². The Morgan fingerprint density at radius 2 is 2.12 bits per heavy atom. The van der Waals surface area contributed by atoms with Gasteiger partial charge in [0, 0.05) is 22.4 Å². The molecular weight excluding hydrogens is 268 g/mol. The molecule has 4 heteroatoms. The molecule has 16 heavy (non-hydrogen) atoms. The predicted molar refractivity (Wildman–Crippen MR) is 69.3 cm³/mol. The van der Waals surface area contributed by atoms with Gasteiger partial charge in [0.15, 0.2) is 0 Å². The van der Waals surface area contributed by atoms with E-state index in [-0.39, 0.29) is 0 Å². The van der Waals surface area contributed by atoms with Crippen LogP contribution in [0.4, 0.5) is 0 Å². The molecule has 0 radical (unpaired) electrons. The number of aromatic nitrogens is 1. The highest BCUT2D eigenvalue weighted by molar-refractivity contribution is 9.10. The summed E-state index contributed by atoms with van der Waals surface area (Å²) in [5.74, 6) is 0. The second-order valence-electron chi connectivity index (χ2n) is 3.87. The number of aliphatic hydroxyl groups is 1. The van der Waals surface area contributed by atoms with E-state index in [0.717, 1.165) is 21.1 Å². The highest BCUT2D eigenvalue weighted by Crippen LogP contribution is 2.34. The molecule has 3 nitrogen and oxygen atoms in total. The number of fused-ring (bicyclic) bond motifs is 1. The molecule has 0 aliphatic heterocycles. The SMILES string of the molecule is Cn1c([C@H](O)CCN)c(Br)c2ccccc21. The number of aliphatic hydroxyl groups excluding tert-OH is 1. The molecule has 1 heterocycles. The molecule has 0 bridgehead atoms. The van der Waals surface area contributed by atoms with E-state index >= 15 is 0 Å². The predicted octanol–water partition coefficient (Wildman–Crippen LogP) is 2.32. The van der Waals surface area contributed by atoms with Crippen LogP contribution in [0.2, 0.25) is 0 Å². The van der Waals surface area contributed by atoms with Gasteiger partial charge < -0.3 is 15.4 Å². The van der Waals surface area contributed by atoms with Crippen LogP contribution in [0, 0.1) is 0 Å². The van der Waals surface area contributed by atoms with Crippen LogP contribution in [0.15, 0.2) is 28.7 Å². The number of para-hydroxylation sites is 1. The maximum Gasteiger partial charge on any atom is 0.0963 e. The van der Waals surface area contributed by atoms with Crippen molar-refractivity contribution >= 4 is 26.8 Å². The minimum Gasteiger partial charge on any atom is -0.387 e. The van der Waals surface area contributed by atoms with Crippen LogP contribution in [0.25, 0.3) is 10.9 Å². The third kappa shape index (κ3) is 1.77. The maximum absolute atomic E-state index is 10.1. The van der Waals surface area contributed by atoms with Gasteiger partial charge in [-0.15, -0.1) is 0 Å². The fourth-order valence-corrected chi connectivity index (χ4v) is 2.90. The Balaban J connectivity index is 2.61. The molecule has 86 valence electrons. The first-order valence-electron chi connectivity index (χ1n) is 5.27. The molecule has 0 fully saturated rings. The lowest BCUT2D eigenvalue weighted by Crippen LogP contribution is -2.10. The van der Waals surface area contributed by atoms with E-state index in [4.69, 9.17) is 5.73 Å². The summed E-state index contributed by atoms with van der Waals surface area (Å²) in [5.41, 5.74) is 7.48. The van der Waals surface area contributed by atoms with Gasteiger partial charge in [0.25, 0.3) is 0 Å². The Hall–Kier alpha value is -0.840. The van der Waals surface area contributed by atoms with Gasteiger partial charge in [0.1, 0.15) is 0 Å².